The van der Waals surface area contributed by atoms with Crippen molar-refractivity contribution in [2.24, 2.45) is 22.9 Å². The van der Waals surface area contributed by atoms with Crippen molar-refractivity contribution >= 4 is 0 Å². The largest absolute Gasteiger partial charge is 0.394 e. The first kappa shape index (κ1) is 27.0. The molecule has 33 heavy (non-hydrogen) atoms. The molecule has 3 fully saturated rings. The van der Waals surface area contributed by atoms with E-state index >= 15 is 0 Å². The summed E-state index contributed by atoms with van der Waals surface area (Å²) in [7, 11) is 0. The number of aliphatic hydroxyl groups excluding tert-OH is 7. The summed E-state index contributed by atoms with van der Waals surface area (Å²) in [4.78, 5) is 0. The summed E-state index contributed by atoms with van der Waals surface area (Å²) >= 11 is 0. The van der Waals surface area contributed by atoms with Gasteiger partial charge in [-0.2, -0.15) is 0 Å². The highest BCUT2D eigenvalue weighted by atomic mass is 16.7. The van der Waals surface area contributed by atoms with E-state index in [1.54, 1.807) is 0 Å². The van der Waals surface area contributed by atoms with Crippen LogP contribution in [-0.4, -0.2) is 141 Å². The monoisotopic (exact) mass is 484 g/mol. The predicted molar refractivity (Wildman–Crippen MR) is 108 cm³/mol. The Labute approximate surface area is 189 Å². The fraction of sp³-hybridized carbons (Fsp3) is 1.00. The van der Waals surface area contributed by atoms with Crippen molar-refractivity contribution in [2.45, 2.75) is 98.2 Å². The molecule has 0 bridgehead atoms. The molecule has 2 aliphatic heterocycles. The van der Waals surface area contributed by atoms with Crippen molar-refractivity contribution in [3.05, 3.63) is 0 Å². The molecule has 15 nitrogen and oxygen atoms in total. The van der Waals surface area contributed by atoms with Crippen LogP contribution in [0.5, 0.6) is 0 Å². The summed E-state index contributed by atoms with van der Waals surface area (Å²) in [5.41, 5.74) is 23.5. The maximum atomic E-state index is 10.9. The van der Waals surface area contributed by atoms with E-state index < -0.39 is 98.4 Å². The molecule has 194 valence electrons. The second-order valence-corrected chi connectivity index (χ2v) is 8.79. The molecule has 0 aromatic rings. The molecule has 0 aromatic heterocycles. The molecule has 2 heterocycles. The van der Waals surface area contributed by atoms with Gasteiger partial charge in [-0.3, -0.25) is 0 Å². The molecule has 0 radical (unpaired) electrons. The highest BCUT2D eigenvalue weighted by Crippen LogP contribution is 2.31. The Bertz CT molecular complexity index is 584. The molecule has 3 rings (SSSR count). The zero-order valence-electron chi connectivity index (χ0n) is 17.9. The van der Waals surface area contributed by atoms with Crippen LogP contribution in [0.1, 0.15) is 6.42 Å². The lowest BCUT2D eigenvalue weighted by Crippen LogP contribution is -2.68. The Morgan fingerprint density at radius 1 is 0.667 bits per heavy atom. The highest BCUT2D eigenvalue weighted by molar-refractivity contribution is 5.01. The van der Waals surface area contributed by atoms with Crippen LogP contribution in [0.2, 0.25) is 0 Å². The molecule has 0 unspecified atom stereocenters. The van der Waals surface area contributed by atoms with Gasteiger partial charge in [-0.25, -0.2) is 0 Å². The Morgan fingerprint density at radius 2 is 1.18 bits per heavy atom. The van der Waals surface area contributed by atoms with Crippen molar-refractivity contribution < 1.29 is 54.7 Å². The van der Waals surface area contributed by atoms with E-state index in [-0.39, 0.29) is 13.0 Å². The van der Waals surface area contributed by atoms with Crippen LogP contribution < -0.4 is 22.9 Å². The van der Waals surface area contributed by atoms with Crippen molar-refractivity contribution in [1.82, 2.24) is 0 Å². The van der Waals surface area contributed by atoms with E-state index in [9.17, 15) is 35.7 Å². The Balaban J connectivity index is 1.72. The van der Waals surface area contributed by atoms with E-state index in [2.05, 4.69) is 0 Å². The summed E-state index contributed by atoms with van der Waals surface area (Å²) in [5, 5.41) is 70.9. The molecule has 1 aliphatic carbocycles. The maximum absolute atomic E-state index is 10.9. The summed E-state index contributed by atoms with van der Waals surface area (Å²) in [6.07, 6.45) is -16.5. The summed E-state index contributed by atoms with van der Waals surface area (Å²) < 4.78 is 22.2. The average Bonchev–Trinajstić information content (AvgIpc) is 2.79. The van der Waals surface area contributed by atoms with Gasteiger partial charge in [0.1, 0.15) is 61.0 Å². The van der Waals surface area contributed by atoms with Crippen LogP contribution in [0.4, 0.5) is 0 Å². The van der Waals surface area contributed by atoms with Crippen LogP contribution in [-0.2, 0) is 18.9 Å². The molecule has 15 atom stereocenters. The van der Waals surface area contributed by atoms with Gasteiger partial charge < -0.3 is 77.6 Å². The van der Waals surface area contributed by atoms with Gasteiger partial charge in [-0.15, -0.1) is 0 Å². The van der Waals surface area contributed by atoms with Crippen LogP contribution in [0, 0.1) is 0 Å². The van der Waals surface area contributed by atoms with E-state index in [0.717, 1.165) is 0 Å². The van der Waals surface area contributed by atoms with Crippen molar-refractivity contribution in [3.8, 4) is 0 Å². The number of aliphatic hydroxyl groups is 7. The van der Waals surface area contributed by atoms with Crippen molar-refractivity contribution in [2.75, 3.05) is 13.2 Å². The first-order valence-electron chi connectivity index (χ1n) is 10.8. The third-order valence-electron chi connectivity index (χ3n) is 6.48. The van der Waals surface area contributed by atoms with Gasteiger partial charge >= 0.3 is 0 Å². The molecular weight excluding hydrogens is 448 g/mol. The van der Waals surface area contributed by atoms with E-state index in [1.807, 2.05) is 0 Å². The normalized spacial score (nSPS) is 53.7. The van der Waals surface area contributed by atoms with Crippen LogP contribution in [0.15, 0.2) is 0 Å². The summed E-state index contributed by atoms with van der Waals surface area (Å²) in [5.74, 6) is 0. The highest BCUT2D eigenvalue weighted by Gasteiger charge is 2.51. The zero-order chi connectivity index (χ0) is 24.6. The minimum atomic E-state index is -1.66. The number of ether oxygens (including phenoxy) is 4. The molecule has 0 amide bonds. The first-order chi connectivity index (χ1) is 15.5. The van der Waals surface area contributed by atoms with E-state index in [1.165, 1.54) is 0 Å². The number of rotatable bonds is 6. The average molecular weight is 485 g/mol. The number of hydrogen-bond donors (Lipinski definition) is 11. The third kappa shape index (κ3) is 5.32. The fourth-order valence-corrected chi connectivity index (χ4v) is 4.40. The summed E-state index contributed by atoms with van der Waals surface area (Å²) in [6.45, 7) is -0.763. The predicted octanol–water partition coefficient (Wildman–Crippen LogP) is -7.29. The molecule has 0 spiro atoms. The Kier molecular flexibility index (Phi) is 8.99. The number of hydrogen-bond acceptors (Lipinski definition) is 15. The minimum absolute atomic E-state index is 0.0849. The van der Waals surface area contributed by atoms with E-state index in [0.29, 0.717) is 0 Å². The van der Waals surface area contributed by atoms with Gasteiger partial charge in [0.2, 0.25) is 0 Å². The van der Waals surface area contributed by atoms with Crippen LogP contribution in [0.3, 0.4) is 0 Å². The standard InChI is InChI=1S/C18H36N4O11/c19-2-6-10(25)12(27)13(28)18(30-6)33-16-5(21)1-4(20)15(14(16)29)32-17-11(26)8(22)9(24)7(3-23)31-17/h4-18,23-29H,1-3,19-22H2/t4-,5+,6-,7-,8+,9-,10-,11-,12+,13-,14-,15+,16-,17-,18+/m1/s1. The van der Waals surface area contributed by atoms with Crippen molar-refractivity contribution in [1.29, 1.82) is 0 Å². The van der Waals surface area contributed by atoms with Gasteiger partial charge in [0.15, 0.2) is 12.6 Å². The van der Waals surface area contributed by atoms with Gasteiger partial charge in [-0.1, -0.05) is 0 Å². The zero-order valence-corrected chi connectivity index (χ0v) is 17.9. The first-order valence-corrected chi connectivity index (χ1v) is 10.8. The lowest BCUT2D eigenvalue weighted by atomic mass is 9.84. The topological polar surface area (TPSA) is 283 Å². The molecule has 15 N–H and O–H groups in total. The Morgan fingerprint density at radius 3 is 1.70 bits per heavy atom. The van der Waals surface area contributed by atoms with Crippen LogP contribution in [0.25, 0.3) is 0 Å². The van der Waals surface area contributed by atoms with Gasteiger partial charge in [0.25, 0.3) is 0 Å². The maximum Gasteiger partial charge on any atom is 0.187 e. The minimum Gasteiger partial charge on any atom is -0.394 e. The summed E-state index contributed by atoms with van der Waals surface area (Å²) in [6, 6.07) is -2.86. The third-order valence-corrected chi connectivity index (χ3v) is 6.48. The van der Waals surface area contributed by atoms with E-state index in [4.69, 9.17) is 41.9 Å². The smallest absolute Gasteiger partial charge is 0.187 e. The van der Waals surface area contributed by atoms with Crippen LogP contribution >= 0.6 is 0 Å². The molecule has 2 saturated heterocycles. The van der Waals surface area contributed by atoms with Gasteiger partial charge in [-0.05, 0) is 6.42 Å². The molecule has 3 aliphatic rings. The molecule has 1 saturated carbocycles. The van der Waals surface area contributed by atoms with Gasteiger partial charge in [0, 0.05) is 18.6 Å². The second-order valence-electron chi connectivity index (χ2n) is 8.79. The lowest BCUT2D eigenvalue weighted by Gasteiger charge is -2.48. The molecule has 0 aromatic carbocycles. The lowest BCUT2D eigenvalue weighted by molar-refractivity contribution is -0.332. The SMILES string of the molecule is NC[C@H]1O[C@@H](O[C@H]2[C@H](O)[C@@H](O[C@H]3O[C@H](CO)[C@@H](O)[C@H](N)[C@H]3O)[C@H](N)C[C@@H]2N)[C@H](O)[C@@H](O)[C@@H]1O. The second kappa shape index (κ2) is 11.0. The number of nitrogens with two attached hydrogens (primary N) is 4. The quantitative estimate of drug-likeness (QED) is 0.167. The Hall–Kier alpha value is -0.600. The van der Waals surface area contributed by atoms with Gasteiger partial charge in [0.05, 0.1) is 12.6 Å². The van der Waals surface area contributed by atoms with Crippen molar-refractivity contribution in [3.63, 3.8) is 0 Å². The molecule has 15 heteroatoms. The molecular formula is C18H36N4O11. The fourth-order valence-electron chi connectivity index (χ4n) is 4.40.